The predicted octanol–water partition coefficient (Wildman–Crippen LogP) is 3.92. The fourth-order valence-corrected chi connectivity index (χ4v) is 2.65. The second-order valence-electron chi connectivity index (χ2n) is 4.43. The summed E-state index contributed by atoms with van der Waals surface area (Å²) < 4.78 is 6.26. The number of carbonyl (C=O) groups is 1. The number of benzene rings is 1. The van der Waals surface area contributed by atoms with Crippen LogP contribution in [0, 0.1) is 6.92 Å². The molecule has 2 rings (SSSR count). The highest BCUT2D eigenvalue weighted by atomic mass is 35.5. The molecule has 1 N–H and O–H groups in total. The zero-order valence-corrected chi connectivity index (χ0v) is 13.2. The molecule has 1 heterocycles. The average Bonchev–Trinajstić information content (AvgIpc) is 2.87. The van der Waals surface area contributed by atoms with Crippen molar-refractivity contribution in [2.24, 2.45) is 0 Å². The van der Waals surface area contributed by atoms with Crippen LogP contribution in [-0.4, -0.2) is 19.1 Å². The minimum absolute atomic E-state index is 0.146. The summed E-state index contributed by atoms with van der Waals surface area (Å²) in [7, 11) is 0. The van der Waals surface area contributed by atoms with E-state index in [1.165, 1.54) is 17.4 Å². The molecule has 0 atom stereocenters. The fourth-order valence-electron chi connectivity index (χ4n) is 1.68. The lowest BCUT2D eigenvalue weighted by Gasteiger charge is -2.07. The molecule has 0 spiro atoms. The first-order valence-corrected chi connectivity index (χ1v) is 7.73. The predicted molar refractivity (Wildman–Crippen MR) is 88.0 cm³/mol. The molecule has 21 heavy (non-hydrogen) atoms. The van der Waals surface area contributed by atoms with Crippen molar-refractivity contribution in [2.45, 2.75) is 6.92 Å². The maximum atomic E-state index is 11.6. The highest BCUT2D eigenvalue weighted by Crippen LogP contribution is 2.22. The lowest BCUT2D eigenvalue weighted by molar-refractivity contribution is -0.116. The normalized spacial score (nSPS) is 10.8. The molecule has 1 amide bonds. The zero-order chi connectivity index (χ0) is 15.1. The molecule has 0 aliphatic heterocycles. The minimum Gasteiger partial charge on any atom is -0.492 e. The lowest BCUT2D eigenvalue weighted by Crippen LogP contribution is -2.26. The van der Waals surface area contributed by atoms with Gasteiger partial charge in [0.1, 0.15) is 12.4 Å². The van der Waals surface area contributed by atoms with Gasteiger partial charge in [0.25, 0.3) is 0 Å². The van der Waals surface area contributed by atoms with Crippen LogP contribution in [0.1, 0.15) is 10.4 Å². The van der Waals surface area contributed by atoms with E-state index in [1.54, 1.807) is 12.1 Å². The van der Waals surface area contributed by atoms with Crippen LogP contribution in [0.4, 0.5) is 0 Å². The van der Waals surface area contributed by atoms with Gasteiger partial charge in [-0.2, -0.15) is 0 Å². The van der Waals surface area contributed by atoms with Crippen LogP contribution in [0.3, 0.4) is 0 Å². The van der Waals surface area contributed by atoms with Crippen LogP contribution in [-0.2, 0) is 4.79 Å². The van der Waals surface area contributed by atoms with E-state index in [4.69, 9.17) is 16.3 Å². The van der Waals surface area contributed by atoms with Crippen LogP contribution >= 0.6 is 22.9 Å². The Labute approximate surface area is 133 Å². The van der Waals surface area contributed by atoms with Gasteiger partial charge in [0, 0.05) is 11.0 Å². The highest BCUT2D eigenvalue weighted by Gasteiger charge is 1.98. The summed E-state index contributed by atoms with van der Waals surface area (Å²) in [4.78, 5) is 12.6. The number of amides is 1. The smallest absolute Gasteiger partial charge is 0.244 e. The van der Waals surface area contributed by atoms with E-state index in [9.17, 15) is 4.79 Å². The number of aryl methyl sites for hydroxylation is 1. The van der Waals surface area contributed by atoms with E-state index < -0.39 is 0 Å². The third-order valence-corrected chi connectivity index (χ3v) is 3.85. The second kappa shape index (κ2) is 7.86. The Morgan fingerprint density at radius 2 is 2.24 bits per heavy atom. The molecule has 0 saturated heterocycles. The number of hydrogen-bond donors (Lipinski definition) is 1. The number of rotatable bonds is 6. The molecule has 0 unspecified atom stereocenters. The van der Waals surface area contributed by atoms with Crippen molar-refractivity contribution < 1.29 is 9.53 Å². The Balaban J connectivity index is 1.68. The van der Waals surface area contributed by atoms with Crippen LogP contribution in [0.15, 0.2) is 42.5 Å². The van der Waals surface area contributed by atoms with Crippen molar-refractivity contribution in [3.63, 3.8) is 0 Å². The van der Waals surface area contributed by atoms with Gasteiger partial charge in [-0.1, -0.05) is 23.7 Å². The lowest BCUT2D eigenvalue weighted by atomic mass is 10.2. The molecule has 0 bridgehead atoms. The number of hydrogen-bond acceptors (Lipinski definition) is 3. The number of nitrogens with one attached hydrogen (secondary N) is 1. The summed E-state index contributed by atoms with van der Waals surface area (Å²) in [6.07, 6.45) is 3.24. The molecule has 2 aromatic rings. The monoisotopic (exact) mass is 321 g/mol. The summed E-state index contributed by atoms with van der Waals surface area (Å²) in [5.41, 5.74) is 1.15. The van der Waals surface area contributed by atoms with Gasteiger partial charge in [0.2, 0.25) is 5.91 Å². The van der Waals surface area contributed by atoms with Crippen LogP contribution in [0.25, 0.3) is 6.08 Å². The molecule has 1 aromatic heterocycles. The molecule has 3 nitrogen and oxygen atoms in total. The summed E-state index contributed by atoms with van der Waals surface area (Å²) in [6.45, 7) is 2.91. The first kappa shape index (κ1) is 15.6. The van der Waals surface area contributed by atoms with Gasteiger partial charge >= 0.3 is 0 Å². The summed E-state index contributed by atoms with van der Waals surface area (Å²) in [5, 5.41) is 2.77. The van der Waals surface area contributed by atoms with E-state index >= 15 is 0 Å². The van der Waals surface area contributed by atoms with Crippen LogP contribution < -0.4 is 10.1 Å². The van der Waals surface area contributed by atoms with Crippen molar-refractivity contribution in [1.82, 2.24) is 5.32 Å². The standard InChI is InChI=1S/C16H16ClNO2S/c1-12-3-2-4-13(11-12)20-10-9-18-16(19)8-6-14-5-7-15(17)21-14/h2-8,11H,9-10H2,1H3,(H,18,19)/b8-6+. The Kier molecular flexibility index (Phi) is 5.84. The van der Waals surface area contributed by atoms with Crippen molar-refractivity contribution in [2.75, 3.05) is 13.2 Å². The van der Waals surface area contributed by atoms with Gasteiger partial charge < -0.3 is 10.1 Å². The van der Waals surface area contributed by atoms with E-state index in [0.29, 0.717) is 17.5 Å². The topological polar surface area (TPSA) is 38.3 Å². The van der Waals surface area contributed by atoms with E-state index in [2.05, 4.69) is 5.32 Å². The summed E-state index contributed by atoms with van der Waals surface area (Å²) in [5.74, 6) is 0.667. The van der Waals surface area contributed by atoms with Crippen LogP contribution in [0.2, 0.25) is 4.34 Å². The second-order valence-corrected chi connectivity index (χ2v) is 6.18. The van der Waals surface area contributed by atoms with Gasteiger partial charge in [0.15, 0.2) is 0 Å². The maximum absolute atomic E-state index is 11.6. The maximum Gasteiger partial charge on any atom is 0.244 e. The quantitative estimate of drug-likeness (QED) is 0.647. The molecule has 0 saturated carbocycles. The van der Waals surface area contributed by atoms with Crippen LogP contribution in [0.5, 0.6) is 5.75 Å². The molecular weight excluding hydrogens is 306 g/mol. The Morgan fingerprint density at radius 3 is 2.95 bits per heavy atom. The molecule has 110 valence electrons. The van der Waals surface area contributed by atoms with Gasteiger partial charge in [-0.05, 0) is 42.8 Å². The molecule has 0 fully saturated rings. The molecule has 0 aliphatic rings. The summed E-state index contributed by atoms with van der Waals surface area (Å²) in [6, 6.07) is 11.5. The van der Waals surface area contributed by atoms with Gasteiger partial charge in [-0.3, -0.25) is 4.79 Å². The molecular formula is C16H16ClNO2S. The van der Waals surface area contributed by atoms with E-state index in [1.807, 2.05) is 37.3 Å². The average molecular weight is 322 g/mol. The number of thiophene rings is 1. The Morgan fingerprint density at radius 1 is 1.38 bits per heavy atom. The largest absolute Gasteiger partial charge is 0.492 e. The van der Waals surface area contributed by atoms with Crippen molar-refractivity contribution in [3.8, 4) is 5.75 Å². The molecule has 0 radical (unpaired) electrons. The molecule has 5 heteroatoms. The minimum atomic E-state index is -0.146. The first-order valence-electron chi connectivity index (χ1n) is 6.54. The van der Waals surface area contributed by atoms with Gasteiger partial charge in [-0.25, -0.2) is 0 Å². The van der Waals surface area contributed by atoms with Crippen molar-refractivity contribution >= 4 is 34.9 Å². The Hall–Kier alpha value is -1.78. The van der Waals surface area contributed by atoms with E-state index in [0.717, 1.165) is 16.2 Å². The molecule has 1 aromatic carbocycles. The van der Waals surface area contributed by atoms with Gasteiger partial charge in [-0.15, -0.1) is 11.3 Å². The van der Waals surface area contributed by atoms with Crippen molar-refractivity contribution in [3.05, 3.63) is 57.3 Å². The number of halogens is 1. The third-order valence-electron chi connectivity index (χ3n) is 2.65. The SMILES string of the molecule is Cc1cccc(OCCNC(=O)/C=C/c2ccc(Cl)s2)c1. The number of carbonyl (C=O) groups excluding carboxylic acids is 1. The third kappa shape index (κ3) is 5.61. The Bertz CT molecular complexity index is 637. The van der Waals surface area contributed by atoms with Gasteiger partial charge in [0.05, 0.1) is 10.9 Å². The highest BCUT2D eigenvalue weighted by molar-refractivity contribution is 7.17. The summed E-state index contributed by atoms with van der Waals surface area (Å²) >= 11 is 7.25. The van der Waals surface area contributed by atoms with Crippen molar-refractivity contribution in [1.29, 1.82) is 0 Å². The first-order chi connectivity index (χ1) is 10.1. The number of ether oxygens (including phenoxy) is 1. The molecule has 0 aliphatic carbocycles. The fraction of sp³-hybridized carbons (Fsp3) is 0.188. The van der Waals surface area contributed by atoms with E-state index in [-0.39, 0.29) is 5.91 Å². The zero-order valence-electron chi connectivity index (χ0n) is 11.6.